The number of amides is 1. The van der Waals surface area contributed by atoms with Gasteiger partial charge in [-0.2, -0.15) is 13.2 Å². The van der Waals surface area contributed by atoms with E-state index in [1.54, 1.807) is 30.3 Å². The summed E-state index contributed by atoms with van der Waals surface area (Å²) in [5.74, 6) is -1.41. The average Bonchev–Trinajstić information content (AvgIpc) is 2.65. The third kappa shape index (κ3) is 5.71. The highest BCUT2D eigenvalue weighted by molar-refractivity contribution is 7.81. The van der Waals surface area contributed by atoms with Gasteiger partial charge in [-0.3, -0.25) is 0 Å². The van der Waals surface area contributed by atoms with Crippen molar-refractivity contribution >= 4 is 23.1 Å². The molecule has 2 rings (SSSR count). The maximum Gasteiger partial charge on any atom is 0.508 e. The molecule has 1 aromatic rings. The molecule has 27 heavy (non-hydrogen) atoms. The number of hydrogen-bond donors (Lipinski definition) is 0. The molecule has 0 spiro atoms. The molecule has 1 heterocycles. The number of nitrogens with zero attached hydrogens (tertiary/aromatic N) is 1. The molecular formula is C16H16F3NO6S. The van der Waals surface area contributed by atoms with Crippen LogP contribution in [0.1, 0.15) is 12.0 Å². The minimum atomic E-state index is -5.10. The molecule has 11 heteroatoms. The quantitative estimate of drug-likeness (QED) is 0.698. The predicted molar refractivity (Wildman–Crippen MR) is 87.1 cm³/mol. The van der Waals surface area contributed by atoms with Gasteiger partial charge in [0.05, 0.1) is 19.2 Å². The summed E-state index contributed by atoms with van der Waals surface area (Å²) in [5.41, 5.74) is -4.67. The number of carbonyl (C=O) groups is 2. The molecule has 1 aliphatic rings. The molecule has 1 aromatic carbocycles. The van der Waals surface area contributed by atoms with Crippen LogP contribution in [0.15, 0.2) is 41.7 Å². The van der Waals surface area contributed by atoms with E-state index in [0.29, 0.717) is 0 Å². The molecule has 7 nitrogen and oxygen atoms in total. The standard InChI is InChI=1S/C16H16F3NO6S/c1-24-14(21)12-9-20(8-7-13(12)26-27(23)16(17,18)19)15(22)25-10-11-5-3-2-4-6-11/h2-6H,7-10H2,1H3. The Morgan fingerprint density at radius 2 is 1.89 bits per heavy atom. The van der Waals surface area contributed by atoms with Gasteiger partial charge in [-0.15, -0.1) is 0 Å². The van der Waals surface area contributed by atoms with Crippen LogP contribution in [0.4, 0.5) is 18.0 Å². The molecule has 0 aliphatic carbocycles. The lowest BCUT2D eigenvalue weighted by Gasteiger charge is -2.28. The number of alkyl halides is 3. The SMILES string of the molecule is COC(=O)C1=C(OS(=O)C(F)(F)F)CCN(C(=O)OCc2ccccc2)C1. The number of hydrogen-bond acceptors (Lipinski definition) is 6. The van der Waals surface area contributed by atoms with Crippen molar-refractivity contribution in [1.82, 2.24) is 4.90 Å². The molecule has 1 aliphatic heterocycles. The Balaban J connectivity index is 2.07. The highest BCUT2D eigenvalue weighted by Crippen LogP contribution is 2.28. The Hall–Kier alpha value is -2.56. The molecule has 0 saturated heterocycles. The summed E-state index contributed by atoms with van der Waals surface area (Å²) in [5, 5.41) is 0. The zero-order valence-electron chi connectivity index (χ0n) is 14.2. The number of rotatable bonds is 5. The number of methoxy groups -OCH3 is 1. The van der Waals surface area contributed by atoms with Crippen LogP contribution in [0.5, 0.6) is 0 Å². The average molecular weight is 407 g/mol. The van der Waals surface area contributed by atoms with E-state index in [1.165, 1.54) is 0 Å². The maximum atomic E-state index is 12.4. The second kappa shape index (κ2) is 8.89. The minimum Gasteiger partial charge on any atom is -0.466 e. The maximum absolute atomic E-state index is 12.4. The van der Waals surface area contributed by atoms with E-state index in [1.807, 2.05) is 0 Å². The van der Waals surface area contributed by atoms with Crippen LogP contribution in [-0.4, -0.2) is 46.9 Å². The van der Waals surface area contributed by atoms with Crippen LogP contribution in [-0.2, 0) is 36.1 Å². The zero-order valence-corrected chi connectivity index (χ0v) is 15.0. The first-order chi connectivity index (χ1) is 12.7. The summed E-state index contributed by atoms with van der Waals surface area (Å²) in [7, 11) is 1.03. The van der Waals surface area contributed by atoms with Gasteiger partial charge in [0.15, 0.2) is 0 Å². The second-order valence-electron chi connectivity index (χ2n) is 5.37. The van der Waals surface area contributed by atoms with Crippen LogP contribution in [0, 0.1) is 0 Å². The largest absolute Gasteiger partial charge is 0.508 e. The lowest BCUT2D eigenvalue weighted by atomic mass is 10.1. The summed E-state index contributed by atoms with van der Waals surface area (Å²) in [4.78, 5) is 25.1. The Morgan fingerprint density at radius 3 is 2.48 bits per heavy atom. The van der Waals surface area contributed by atoms with Crippen molar-refractivity contribution in [3.8, 4) is 0 Å². The fourth-order valence-corrected chi connectivity index (χ4v) is 2.71. The van der Waals surface area contributed by atoms with Crippen molar-refractivity contribution in [3.05, 3.63) is 47.2 Å². The van der Waals surface area contributed by atoms with E-state index < -0.39 is 34.4 Å². The highest BCUT2D eigenvalue weighted by atomic mass is 32.2. The molecule has 148 valence electrons. The first kappa shape index (κ1) is 20.7. The molecule has 1 amide bonds. The number of carbonyl (C=O) groups excluding carboxylic acids is 2. The van der Waals surface area contributed by atoms with E-state index in [9.17, 15) is 27.0 Å². The van der Waals surface area contributed by atoms with Crippen molar-refractivity contribution in [1.29, 1.82) is 0 Å². The van der Waals surface area contributed by atoms with Crippen molar-refractivity contribution in [2.45, 2.75) is 18.5 Å². The third-order valence-corrected chi connectivity index (χ3v) is 4.29. The minimum absolute atomic E-state index is 0.00507. The van der Waals surface area contributed by atoms with E-state index in [0.717, 1.165) is 17.6 Å². The van der Waals surface area contributed by atoms with Crippen molar-refractivity contribution in [2.75, 3.05) is 20.2 Å². The van der Waals surface area contributed by atoms with Gasteiger partial charge in [0, 0.05) is 13.0 Å². The number of esters is 1. The van der Waals surface area contributed by atoms with Gasteiger partial charge in [-0.05, 0) is 5.56 Å². The second-order valence-corrected chi connectivity index (χ2v) is 6.47. The van der Waals surface area contributed by atoms with Crippen LogP contribution in [0.3, 0.4) is 0 Å². The van der Waals surface area contributed by atoms with Gasteiger partial charge < -0.3 is 18.6 Å². The third-order valence-electron chi connectivity index (χ3n) is 3.55. The van der Waals surface area contributed by atoms with E-state index >= 15 is 0 Å². The number of halogens is 3. The molecule has 0 bridgehead atoms. The molecule has 0 N–H and O–H groups in total. The van der Waals surface area contributed by atoms with E-state index in [-0.39, 0.29) is 31.7 Å². The van der Waals surface area contributed by atoms with E-state index in [4.69, 9.17) is 4.74 Å². The van der Waals surface area contributed by atoms with Crippen molar-refractivity contribution in [2.24, 2.45) is 0 Å². The Kier molecular flexibility index (Phi) is 6.83. The molecule has 0 saturated carbocycles. The van der Waals surface area contributed by atoms with Gasteiger partial charge in [0.1, 0.15) is 12.4 Å². The lowest BCUT2D eigenvalue weighted by molar-refractivity contribution is -0.136. The zero-order chi connectivity index (χ0) is 20.0. The smallest absolute Gasteiger partial charge is 0.466 e. The van der Waals surface area contributed by atoms with Crippen LogP contribution in [0.2, 0.25) is 0 Å². The van der Waals surface area contributed by atoms with Crippen molar-refractivity contribution < 1.29 is 40.6 Å². The topological polar surface area (TPSA) is 82.1 Å². The van der Waals surface area contributed by atoms with Crippen LogP contribution < -0.4 is 0 Å². The van der Waals surface area contributed by atoms with Gasteiger partial charge in [-0.25, -0.2) is 13.8 Å². The number of ether oxygens (including phenoxy) is 2. The van der Waals surface area contributed by atoms with Crippen LogP contribution >= 0.6 is 0 Å². The monoisotopic (exact) mass is 407 g/mol. The Bertz CT molecular complexity index is 750. The molecule has 0 aromatic heterocycles. The fourth-order valence-electron chi connectivity index (χ4n) is 2.24. The highest BCUT2D eigenvalue weighted by Gasteiger charge is 2.42. The predicted octanol–water partition coefficient (Wildman–Crippen LogP) is 2.66. The number of benzene rings is 1. The first-order valence-electron chi connectivity index (χ1n) is 7.65. The van der Waals surface area contributed by atoms with Gasteiger partial charge in [0.25, 0.3) is 0 Å². The van der Waals surface area contributed by atoms with E-state index in [2.05, 4.69) is 8.92 Å². The Labute approximate surface area is 155 Å². The molecular weight excluding hydrogens is 391 g/mol. The summed E-state index contributed by atoms with van der Waals surface area (Å²) in [6, 6.07) is 8.85. The molecule has 1 unspecified atom stereocenters. The molecule has 0 radical (unpaired) electrons. The summed E-state index contributed by atoms with van der Waals surface area (Å²) < 4.78 is 62.5. The summed E-state index contributed by atoms with van der Waals surface area (Å²) >= 11 is -3.62. The summed E-state index contributed by atoms with van der Waals surface area (Å²) in [6.07, 6.45) is -0.997. The van der Waals surface area contributed by atoms with Crippen LogP contribution in [0.25, 0.3) is 0 Å². The lowest BCUT2D eigenvalue weighted by Crippen LogP contribution is -2.40. The first-order valence-corrected chi connectivity index (χ1v) is 8.72. The van der Waals surface area contributed by atoms with Gasteiger partial charge >= 0.3 is 28.7 Å². The van der Waals surface area contributed by atoms with Crippen molar-refractivity contribution in [3.63, 3.8) is 0 Å². The Morgan fingerprint density at radius 1 is 1.22 bits per heavy atom. The fraction of sp³-hybridized carbons (Fsp3) is 0.375. The normalized spacial score (nSPS) is 15.9. The molecule has 0 fully saturated rings. The van der Waals surface area contributed by atoms with Gasteiger partial charge in [0.2, 0.25) is 0 Å². The summed E-state index contributed by atoms with van der Waals surface area (Å²) in [6.45, 7) is -0.460. The van der Waals surface area contributed by atoms with Gasteiger partial charge in [-0.1, -0.05) is 30.3 Å². The molecule has 1 atom stereocenters.